The van der Waals surface area contributed by atoms with E-state index in [0.717, 1.165) is 11.1 Å². The molecule has 0 aromatic heterocycles. The Labute approximate surface area is 134 Å². The molecule has 0 fully saturated rings. The molecule has 0 amide bonds. The Bertz CT molecular complexity index is 563. The molecule has 0 saturated heterocycles. The van der Waals surface area contributed by atoms with Crippen LogP contribution in [0.1, 0.15) is 17.2 Å². The molecule has 0 aliphatic rings. The smallest absolute Gasteiger partial charge is 0.123 e. The van der Waals surface area contributed by atoms with Gasteiger partial charge in [-0.1, -0.05) is 35.9 Å². The fourth-order valence-electron chi connectivity index (χ4n) is 2.31. The van der Waals surface area contributed by atoms with Gasteiger partial charge < -0.3 is 15.2 Å². The van der Waals surface area contributed by atoms with E-state index >= 15 is 0 Å². The molecular formula is C17H19ClFNO2. The summed E-state index contributed by atoms with van der Waals surface area (Å²) in [6.45, 7) is 0.556. The molecule has 0 saturated carbocycles. The van der Waals surface area contributed by atoms with Crippen LogP contribution in [0.3, 0.4) is 0 Å². The van der Waals surface area contributed by atoms with Gasteiger partial charge in [-0.2, -0.15) is 0 Å². The molecule has 5 heteroatoms. The van der Waals surface area contributed by atoms with Gasteiger partial charge in [0.1, 0.15) is 5.82 Å². The van der Waals surface area contributed by atoms with Crippen molar-refractivity contribution in [2.45, 2.75) is 12.1 Å². The van der Waals surface area contributed by atoms with Crippen molar-refractivity contribution in [1.82, 2.24) is 5.32 Å². The van der Waals surface area contributed by atoms with Crippen molar-refractivity contribution >= 4 is 11.6 Å². The zero-order valence-electron chi connectivity index (χ0n) is 12.3. The van der Waals surface area contributed by atoms with E-state index in [2.05, 4.69) is 5.32 Å². The van der Waals surface area contributed by atoms with Gasteiger partial charge in [0.2, 0.25) is 0 Å². The summed E-state index contributed by atoms with van der Waals surface area (Å²) in [5.74, 6) is -0.302. The van der Waals surface area contributed by atoms with Crippen molar-refractivity contribution < 1.29 is 14.2 Å². The Morgan fingerprint density at radius 1 is 1.18 bits per heavy atom. The summed E-state index contributed by atoms with van der Waals surface area (Å²) in [6, 6.07) is 13.5. The predicted octanol–water partition coefficient (Wildman–Crippen LogP) is 3.17. The van der Waals surface area contributed by atoms with Crippen LogP contribution in [-0.4, -0.2) is 31.5 Å². The Balaban J connectivity index is 2.24. The van der Waals surface area contributed by atoms with Gasteiger partial charge in [-0.05, 0) is 35.4 Å². The molecule has 0 radical (unpaired) electrons. The maximum atomic E-state index is 13.5. The van der Waals surface area contributed by atoms with E-state index in [1.165, 1.54) is 19.2 Å². The second kappa shape index (κ2) is 8.25. The first-order chi connectivity index (χ1) is 10.6. The normalized spacial score (nSPS) is 13.8. The molecule has 118 valence electrons. The van der Waals surface area contributed by atoms with E-state index in [1.54, 1.807) is 12.1 Å². The molecule has 2 N–H and O–H groups in total. The predicted molar refractivity (Wildman–Crippen MR) is 85.6 cm³/mol. The average molecular weight is 324 g/mol. The van der Waals surface area contributed by atoms with Crippen LogP contribution in [0, 0.1) is 5.82 Å². The van der Waals surface area contributed by atoms with Gasteiger partial charge in [-0.25, -0.2) is 4.39 Å². The third-order valence-corrected chi connectivity index (χ3v) is 3.52. The molecule has 0 bridgehead atoms. The van der Waals surface area contributed by atoms with Gasteiger partial charge in [-0.15, -0.1) is 0 Å². The molecule has 2 unspecified atom stereocenters. The number of hydrogen-bond acceptors (Lipinski definition) is 3. The third-order valence-electron chi connectivity index (χ3n) is 3.28. The lowest BCUT2D eigenvalue weighted by molar-refractivity contribution is 0.0634. The first-order valence-corrected chi connectivity index (χ1v) is 7.39. The van der Waals surface area contributed by atoms with E-state index in [1.807, 2.05) is 24.3 Å². The summed E-state index contributed by atoms with van der Waals surface area (Å²) < 4.78 is 18.4. The van der Waals surface area contributed by atoms with E-state index in [9.17, 15) is 9.50 Å². The summed E-state index contributed by atoms with van der Waals surface area (Å²) >= 11 is 6.05. The van der Waals surface area contributed by atoms with E-state index < -0.39 is 6.10 Å². The number of rotatable bonds is 7. The van der Waals surface area contributed by atoms with Crippen molar-refractivity contribution in [3.63, 3.8) is 0 Å². The molecule has 0 aliphatic carbocycles. The van der Waals surface area contributed by atoms with Crippen LogP contribution in [0.5, 0.6) is 0 Å². The summed E-state index contributed by atoms with van der Waals surface area (Å²) in [6.07, 6.45) is -0.639. The summed E-state index contributed by atoms with van der Waals surface area (Å²) in [4.78, 5) is 0. The van der Waals surface area contributed by atoms with Crippen LogP contribution < -0.4 is 5.32 Å². The van der Waals surface area contributed by atoms with Crippen molar-refractivity contribution in [3.05, 3.63) is 70.5 Å². The third kappa shape index (κ3) is 4.78. The zero-order valence-corrected chi connectivity index (χ0v) is 13.1. The number of halogens is 2. The number of benzene rings is 2. The van der Waals surface area contributed by atoms with Gasteiger partial charge in [-0.3, -0.25) is 0 Å². The molecule has 0 spiro atoms. The van der Waals surface area contributed by atoms with Crippen molar-refractivity contribution in [2.24, 2.45) is 0 Å². The zero-order chi connectivity index (χ0) is 15.9. The summed E-state index contributed by atoms with van der Waals surface area (Å²) in [5.41, 5.74) is 1.68. The molecule has 0 heterocycles. The van der Waals surface area contributed by atoms with Gasteiger partial charge >= 0.3 is 0 Å². The van der Waals surface area contributed by atoms with Crippen LogP contribution in [-0.2, 0) is 4.74 Å². The molecule has 0 aliphatic heterocycles. The standard InChI is InChI=1S/C17H19ClFNO2/c1-22-11-16(21)10-20-17(12-4-2-6-14(18)8-12)13-5-3-7-15(19)9-13/h2-9,16-17,20-21H,10-11H2,1H3. The quantitative estimate of drug-likeness (QED) is 0.822. The average Bonchev–Trinajstić information content (AvgIpc) is 2.48. The topological polar surface area (TPSA) is 41.5 Å². The van der Waals surface area contributed by atoms with Crippen LogP contribution in [0.2, 0.25) is 5.02 Å². The van der Waals surface area contributed by atoms with Crippen LogP contribution >= 0.6 is 11.6 Å². The second-order valence-electron chi connectivity index (χ2n) is 5.06. The second-order valence-corrected chi connectivity index (χ2v) is 5.50. The number of nitrogens with one attached hydrogen (secondary N) is 1. The Morgan fingerprint density at radius 3 is 2.50 bits per heavy atom. The lowest BCUT2D eigenvalue weighted by Gasteiger charge is -2.22. The Kier molecular flexibility index (Phi) is 6.34. The molecule has 2 aromatic rings. The molecule has 2 atom stereocenters. The first-order valence-electron chi connectivity index (χ1n) is 7.01. The number of methoxy groups -OCH3 is 1. The van der Waals surface area contributed by atoms with Gasteiger partial charge in [0.05, 0.1) is 18.8 Å². The van der Waals surface area contributed by atoms with Crippen molar-refractivity contribution in [1.29, 1.82) is 0 Å². The van der Waals surface area contributed by atoms with Crippen molar-refractivity contribution in [2.75, 3.05) is 20.3 Å². The lowest BCUT2D eigenvalue weighted by atomic mass is 9.98. The summed E-state index contributed by atoms with van der Waals surface area (Å²) in [5, 5.41) is 13.7. The van der Waals surface area contributed by atoms with E-state index in [-0.39, 0.29) is 18.5 Å². The minimum Gasteiger partial charge on any atom is -0.389 e. The maximum Gasteiger partial charge on any atom is 0.123 e. The van der Waals surface area contributed by atoms with Gasteiger partial charge in [0.15, 0.2) is 0 Å². The SMILES string of the molecule is COCC(O)CNC(c1cccc(F)c1)c1cccc(Cl)c1. The number of aliphatic hydroxyl groups excluding tert-OH is 1. The van der Waals surface area contributed by atoms with Crippen molar-refractivity contribution in [3.8, 4) is 0 Å². The van der Waals surface area contributed by atoms with Crippen LogP contribution in [0.4, 0.5) is 4.39 Å². The first kappa shape index (κ1) is 16.9. The van der Waals surface area contributed by atoms with Gasteiger partial charge in [0, 0.05) is 18.7 Å². The fourth-order valence-corrected chi connectivity index (χ4v) is 2.50. The molecule has 3 nitrogen and oxygen atoms in total. The van der Waals surface area contributed by atoms with E-state index in [0.29, 0.717) is 11.6 Å². The minimum absolute atomic E-state index is 0.235. The highest BCUT2D eigenvalue weighted by Crippen LogP contribution is 2.25. The van der Waals surface area contributed by atoms with Crippen LogP contribution in [0.25, 0.3) is 0 Å². The molecule has 22 heavy (non-hydrogen) atoms. The van der Waals surface area contributed by atoms with Crippen LogP contribution in [0.15, 0.2) is 48.5 Å². The Hall–Kier alpha value is -1.46. The molecule has 2 aromatic carbocycles. The highest BCUT2D eigenvalue weighted by Gasteiger charge is 2.16. The molecular weight excluding hydrogens is 305 g/mol. The number of aliphatic hydroxyl groups is 1. The monoisotopic (exact) mass is 323 g/mol. The fraction of sp³-hybridized carbons (Fsp3) is 0.294. The summed E-state index contributed by atoms with van der Waals surface area (Å²) in [7, 11) is 1.53. The maximum absolute atomic E-state index is 13.5. The van der Waals surface area contributed by atoms with E-state index in [4.69, 9.17) is 16.3 Å². The highest BCUT2D eigenvalue weighted by atomic mass is 35.5. The number of ether oxygens (including phenoxy) is 1. The Morgan fingerprint density at radius 2 is 1.86 bits per heavy atom. The lowest BCUT2D eigenvalue weighted by Crippen LogP contribution is -2.33. The largest absolute Gasteiger partial charge is 0.389 e. The minimum atomic E-state index is -0.639. The van der Waals surface area contributed by atoms with Gasteiger partial charge in [0.25, 0.3) is 0 Å². The number of hydrogen-bond donors (Lipinski definition) is 2. The highest BCUT2D eigenvalue weighted by molar-refractivity contribution is 6.30. The molecule has 2 rings (SSSR count).